The van der Waals surface area contributed by atoms with Crippen LogP contribution in [0.5, 0.6) is 0 Å². The molecule has 0 aliphatic heterocycles. The zero-order valence-corrected chi connectivity index (χ0v) is 46.7. The van der Waals surface area contributed by atoms with Gasteiger partial charge in [-0.2, -0.15) is 0 Å². The Kier molecular flexibility index (Phi) is 57.9. The van der Waals surface area contributed by atoms with Crippen LogP contribution in [0.2, 0.25) is 0 Å². The van der Waals surface area contributed by atoms with E-state index >= 15 is 0 Å². The summed E-state index contributed by atoms with van der Waals surface area (Å²) in [6.45, 7) is 4.24. The van der Waals surface area contributed by atoms with Crippen LogP contribution in [0.4, 0.5) is 0 Å². The van der Waals surface area contributed by atoms with Crippen LogP contribution in [0.15, 0.2) is 36.5 Å². The van der Waals surface area contributed by atoms with Gasteiger partial charge in [0.25, 0.3) is 0 Å². The first-order valence-electron chi connectivity index (χ1n) is 31.3. The lowest BCUT2D eigenvalue weighted by Crippen LogP contribution is -2.45. The molecular formula is C64H123NO4. The first-order valence-corrected chi connectivity index (χ1v) is 31.3. The molecule has 0 aromatic heterocycles. The third-order valence-corrected chi connectivity index (χ3v) is 14.7. The lowest BCUT2D eigenvalue weighted by atomic mass is 10.0. The first kappa shape index (κ1) is 67.6. The Hall–Kier alpha value is -1.43. The van der Waals surface area contributed by atoms with E-state index in [1.54, 1.807) is 6.08 Å². The average Bonchev–Trinajstić information content (AvgIpc) is 3.35. The number of nitrogens with one attached hydrogen (secondary N) is 1. The molecule has 4 N–H and O–H groups in total. The number of carbonyl (C=O) groups is 1. The summed E-state index contributed by atoms with van der Waals surface area (Å²) >= 11 is 0. The molecule has 69 heavy (non-hydrogen) atoms. The van der Waals surface area contributed by atoms with Gasteiger partial charge in [-0.1, -0.05) is 326 Å². The van der Waals surface area contributed by atoms with Crippen molar-refractivity contribution in [2.24, 2.45) is 0 Å². The van der Waals surface area contributed by atoms with E-state index in [9.17, 15) is 20.1 Å². The highest BCUT2D eigenvalue weighted by atomic mass is 16.3. The second kappa shape index (κ2) is 59.1. The zero-order chi connectivity index (χ0) is 50.0. The first-order chi connectivity index (χ1) is 34.0. The van der Waals surface area contributed by atoms with E-state index < -0.39 is 18.2 Å². The van der Waals surface area contributed by atoms with Crippen molar-refractivity contribution in [2.75, 3.05) is 6.61 Å². The normalized spacial score (nSPS) is 13.4. The van der Waals surface area contributed by atoms with Crippen molar-refractivity contribution in [1.29, 1.82) is 0 Å². The number of unbranched alkanes of at least 4 members (excludes halogenated alkanes) is 45. The molecule has 0 heterocycles. The van der Waals surface area contributed by atoms with Crippen molar-refractivity contribution in [2.45, 2.75) is 360 Å². The van der Waals surface area contributed by atoms with Gasteiger partial charge in [-0.05, 0) is 44.9 Å². The summed E-state index contributed by atoms with van der Waals surface area (Å²) < 4.78 is 0. The van der Waals surface area contributed by atoms with Crippen molar-refractivity contribution in [3.63, 3.8) is 0 Å². The number of carbonyl (C=O) groups excluding carboxylic acids is 1. The maximum atomic E-state index is 12.5. The van der Waals surface area contributed by atoms with Gasteiger partial charge in [-0.3, -0.25) is 4.79 Å². The summed E-state index contributed by atoms with van der Waals surface area (Å²) in [6, 6.07) is -0.767. The number of hydrogen-bond acceptors (Lipinski definition) is 4. The number of allylic oxidation sites excluding steroid dienone is 5. The molecule has 1 amide bonds. The Morgan fingerprint density at radius 1 is 0.362 bits per heavy atom. The van der Waals surface area contributed by atoms with Gasteiger partial charge >= 0.3 is 0 Å². The van der Waals surface area contributed by atoms with Crippen LogP contribution >= 0.6 is 0 Å². The molecule has 3 unspecified atom stereocenters. The van der Waals surface area contributed by atoms with E-state index in [2.05, 4.69) is 43.5 Å². The summed E-state index contributed by atoms with van der Waals surface area (Å²) in [5.41, 5.74) is 0. The van der Waals surface area contributed by atoms with Crippen LogP contribution in [-0.2, 0) is 4.79 Å². The smallest absolute Gasteiger partial charge is 0.222 e. The third kappa shape index (κ3) is 55.7. The fourth-order valence-electron chi connectivity index (χ4n) is 9.91. The topological polar surface area (TPSA) is 89.8 Å². The number of amides is 1. The molecule has 0 rings (SSSR count). The van der Waals surface area contributed by atoms with Gasteiger partial charge in [-0.15, -0.1) is 0 Å². The molecule has 0 radical (unpaired) electrons. The van der Waals surface area contributed by atoms with Gasteiger partial charge in [0, 0.05) is 0 Å². The lowest BCUT2D eigenvalue weighted by molar-refractivity contribution is -0.124. The van der Waals surface area contributed by atoms with E-state index in [0.717, 1.165) is 38.5 Å². The van der Waals surface area contributed by atoms with Crippen molar-refractivity contribution in [3.8, 4) is 0 Å². The molecule has 0 saturated heterocycles. The molecule has 3 atom stereocenters. The molecule has 0 spiro atoms. The van der Waals surface area contributed by atoms with Crippen molar-refractivity contribution in [3.05, 3.63) is 36.5 Å². The minimum absolute atomic E-state index is 0.00586. The highest BCUT2D eigenvalue weighted by Crippen LogP contribution is 2.18. The average molecular weight is 971 g/mol. The molecule has 0 aromatic rings. The maximum absolute atomic E-state index is 12.5. The highest BCUT2D eigenvalue weighted by Gasteiger charge is 2.20. The standard InChI is InChI=1S/C64H123NO4/c1-3-5-7-9-11-13-15-17-19-21-23-25-26-27-28-29-30-31-32-33-34-35-36-38-39-41-43-45-47-49-51-53-55-57-61(67)59-64(69)65-62(60-66)63(68)58-56-54-52-50-48-46-44-42-40-37-24-22-20-18-16-14-12-10-8-6-4-2/h40,42,48,50,56,58,61-63,66-68H,3-39,41,43-47,49,51-55,57,59-60H2,1-2H3,(H,65,69)/b42-40+,50-48+,58-56+. The molecule has 5 heteroatoms. The summed E-state index contributed by atoms with van der Waals surface area (Å²) in [6.07, 6.45) is 78.0. The fraction of sp³-hybridized carbons (Fsp3) is 0.891. The Labute approximate surface area is 432 Å². The summed E-state index contributed by atoms with van der Waals surface area (Å²) in [4.78, 5) is 12.5. The summed E-state index contributed by atoms with van der Waals surface area (Å²) in [7, 11) is 0. The van der Waals surface area contributed by atoms with Crippen LogP contribution in [0.3, 0.4) is 0 Å². The minimum Gasteiger partial charge on any atom is -0.394 e. The molecule has 5 nitrogen and oxygen atoms in total. The lowest BCUT2D eigenvalue weighted by Gasteiger charge is -2.21. The molecule has 0 fully saturated rings. The van der Waals surface area contributed by atoms with E-state index in [1.807, 2.05) is 6.08 Å². The molecule has 0 aliphatic carbocycles. The van der Waals surface area contributed by atoms with Crippen LogP contribution in [0.1, 0.15) is 341 Å². The van der Waals surface area contributed by atoms with Crippen LogP contribution in [0, 0.1) is 0 Å². The Morgan fingerprint density at radius 3 is 0.928 bits per heavy atom. The van der Waals surface area contributed by atoms with E-state index in [1.165, 1.54) is 276 Å². The van der Waals surface area contributed by atoms with E-state index in [-0.39, 0.29) is 18.9 Å². The molecule has 0 aliphatic rings. The SMILES string of the molecule is CCCCCCCCCCCCC/C=C/CC/C=C/CC/C=C/C(O)C(CO)NC(=O)CC(O)CCCCCCCCCCCCCCCCCCCCCCCCCCCCCCCCCCC. The molecule has 0 bridgehead atoms. The van der Waals surface area contributed by atoms with Crippen LogP contribution in [0.25, 0.3) is 0 Å². The quantitative estimate of drug-likeness (QED) is 0.0361. The number of aliphatic hydroxyl groups is 3. The van der Waals surface area contributed by atoms with Gasteiger partial charge in [0.05, 0.1) is 31.3 Å². The van der Waals surface area contributed by atoms with Crippen LogP contribution < -0.4 is 5.32 Å². The number of aliphatic hydroxyl groups excluding tert-OH is 3. The predicted octanol–water partition coefficient (Wildman–Crippen LogP) is 19.8. The van der Waals surface area contributed by atoms with Gasteiger partial charge in [0.15, 0.2) is 0 Å². The Morgan fingerprint density at radius 2 is 0.623 bits per heavy atom. The minimum atomic E-state index is -0.960. The second-order valence-corrected chi connectivity index (χ2v) is 21.7. The Bertz CT molecular complexity index is 1070. The fourth-order valence-corrected chi connectivity index (χ4v) is 9.91. The van der Waals surface area contributed by atoms with Crippen molar-refractivity contribution < 1.29 is 20.1 Å². The van der Waals surface area contributed by atoms with Gasteiger partial charge in [-0.25, -0.2) is 0 Å². The monoisotopic (exact) mass is 970 g/mol. The summed E-state index contributed by atoms with van der Waals surface area (Å²) in [5, 5.41) is 33.5. The Balaban J connectivity index is 3.52. The highest BCUT2D eigenvalue weighted by molar-refractivity contribution is 5.76. The number of hydrogen-bond donors (Lipinski definition) is 4. The van der Waals surface area contributed by atoms with E-state index in [4.69, 9.17) is 0 Å². The van der Waals surface area contributed by atoms with E-state index in [0.29, 0.717) is 6.42 Å². The van der Waals surface area contributed by atoms with Gasteiger partial charge in [0.1, 0.15) is 0 Å². The van der Waals surface area contributed by atoms with Gasteiger partial charge in [0.2, 0.25) is 5.91 Å². The second-order valence-electron chi connectivity index (χ2n) is 21.7. The third-order valence-electron chi connectivity index (χ3n) is 14.7. The molecule has 0 aromatic carbocycles. The molecule has 408 valence electrons. The molecule has 0 saturated carbocycles. The predicted molar refractivity (Wildman–Crippen MR) is 305 cm³/mol. The summed E-state index contributed by atoms with van der Waals surface area (Å²) in [5.74, 6) is -0.323. The zero-order valence-electron chi connectivity index (χ0n) is 46.7. The molecular weight excluding hydrogens is 847 g/mol. The van der Waals surface area contributed by atoms with Gasteiger partial charge < -0.3 is 20.6 Å². The van der Waals surface area contributed by atoms with Crippen LogP contribution in [-0.4, -0.2) is 46.1 Å². The van der Waals surface area contributed by atoms with Crippen molar-refractivity contribution in [1.82, 2.24) is 5.32 Å². The van der Waals surface area contributed by atoms with Crippen molar-refractivity contribution >= 4 is 5.91 Å². The largest absolute Gasteiger partial charge is 0.394 e. The number of rotatable bonds is 58. The maximum Gasteiger partial charge on any atom is 0.222 e.